The average molecular weight is 271 g/mol. The largest absolute Gasteiger partial charge is 0.325 e. The Balaban J connectivity index is 2.23. The van der Waals surface area contributed by atoms with Gasteiger partial charge in [0.25, 0.3) is 0 Å². The zero-order valence-electron chi connectivity index (χ0n) is 11.4. The molecule has 0 aliphatic heterocycles. The molecule has 19 heavy (non-hydrogen) atoms. The van der Waals surface area contributed by atoms with E-state index in [1.54, 1.807) is 11.3 Å². The van der Waals surface area contributed by atoms with Crippen LogP contribution in [-0.4, -0.2) is 9.38 Å². The summed E-state index contributed by atoms with van der Waals surface area (Å²) in [4.78, 5) is 7.02. The number of hydrogen-bond acceptors (Lipinski definition) is 3. The van der Waals surface area contributed by atoms with Crippen LogP contribution in [0.2, 0.25) is 0 Å². The number of imidazole rings is 1. The van der Waals surface area contributed by atoms with E-state index < -0.39 is 0 Å². The van der Waals surface area contributed by atoms with E-state index in [1.165, 1.54) is 16.0 Å². The Labute approximate surface area is 116 Å². The first-order valence-electron chi connectivity index (χ1n) is 6.35. The highest BCUT2D eigenvalue weighted by atomic mass is 32.1. The molecule has 2 N–H and O–H groups in total. The SMILES string of the molecule is Cc1cn2c(CN)c(-c3ccc(C)c(C)c3)nc2s1. The van der Waals surface area contributed by atoms with Gasteiger partial charge < -0.3 is 5.73 Å². The van der Waals surface area contributed by atoms with Crippen molar-refractivity contribution in [2.45, 2.75) is 27.3 Å². The summed E-state index contributed by atoms with van der Waals surface area (Å²) in [6, 6.07) is 6.46. The first-order valence-corrected chi connectivity index (χ1v) is 7.17. The van der Waals surface area contributed by atoms with Gasteiger partial charge >= 0.3 is 0 Å². The third-order valence-corrected chi connectivity index (χ3v) is 4.41. The molecule has 0 bridgehead atoms. The van der Waals surface area contributed by atoms with Crippen molar-refractivity contribution in [1.82, 2.24) is 9.38 Å². The Hall–Kier alpha value is -1.65. The molecule has 3 aromatic rings. The van der Waals surface area contributed by atoms with Crippen LogP contribution in [0.5, 0.6) is 0 Å². The van der Waals surface area contributed by atoms with Crippen molar-refractivity contribution < 1.29 is 0 Å². The minimum atomic E-state index is 0.500. The van der Waals surface area contributed by atoms with Gasteiger partial charge in [0.2, 0.25) is 0 Å². The minimum Gasteiger partial charge on any atom is -0.325 e. The lowest BCUT2D eigenvalue weighted by molar-refractivity contribution is 0.967. The maximum absolute atomic E-state index is 5.92. The van der Waals surface area contributed by atoms with Gasteiger partial charge in [-0.15, -0.1) is 11.3 Å². The molecular weight excluding hydrogens is 254 g/mol. The van der Waals surface area contributed by atoms with Crippen LogP contribution in [0, 0.1) is 20.8 Å². The fraction of sp³-hybridized carbons (Fsp3) is 0.267. The molecule has 4 heteroatoms. The van der Waals surface area contributed by atoms with Crippen LogP contribution in [0.25, 0.3) is 16.2 Å². The molecule has 0 radical (unpaired) electrons. The Morgan fingerprint density at radius 2 is 2.00 bits per heavy atom. The molecule has 0 unspecified atom stereocenters. The van der Waals surface area contributed by atoms with E-state index in [1.807, 2.05) is 0 Å². The van der Waals surface area contributed by atoms with Gasteiger partial charge in [-0.25, -0.2) is 4.98 Å². The van der Waals surface area contributed by atoms with Gasteiger partial charge in [-0.2, -0.15) is 0 Å². The summed E-state index contributed by atoms with van der Waals surface area (Å²) >= 11 is 1.70. The second kappa shape index (κ2) is 4.47. The summed E-state index contributed by atoms with van der Waals surface area (Å²) in [5.74, 6) is 0. The number of aromatic nitrogens is 2. The van der Waals surface area contributed by atoms with E-state index in [0.29, 0.717) is 6.54 Å². The van der Waals surface area contributed by atoms with Crippen molar-refractivity contribution in [3.8, 4) is 11.3 Å². The molecule has 0 fully saturated rings. The zero-order chi connectivity index (χ0) is 13.6. The molecule has 0 amide bonds. The Kier molecular flexibility index (Phi) is 2.92. The van der Waals surface area contributed by atoms with Crippen LogP contribution < -0.4 is 5.73 Å². The van der Waals surface area contributed by atoms with E-state index in [9.17, 15) is 0 Å². The molecule has 0 atom stereocenters. The van der Waals surface area contributed by atoms with Crippen molar-refractivity contribution in [1.29, 1.82) is 0 Å². The highest BCUT2D eigenvalue weighted by Gasteiger charge is 2.14. The Bertz CT molecular complexity index is 752. The van der Waals surface area contributed by atoms with Crippen LogP contribution in [0.15, 0.2) is 24.4 Å². The molecule has 0 spiro atoms. The minimum absolute atomic E-state index is 0.500. The van der Waals surface area contributed by atoms with E-state index in [-0.39, 0.29) is 0 Å². The van der Waals surface area contributed by atoms with Crippen LogP contribution in [0.3, 0.4) is 0 Å². The second-order valence-corrected chi connectivity index (χ2v) is 6.12. The average Bonchev–Trinajstić information content (AvgIpc) is 2.88. The maximum Gasteiger partial charge on any atom is 0.194 e. The quantitative estimate of drug-likeness (QED) is 0.776. The van der Waals surface area contributed by atoms with Crippen molar-refractivity contribution in [2.24, 2.45) is 5.73 Å². The third-order valence-electron chi connectivity index (χ3n) is 3.51. The monoisotopic (exact) mass is 271 g/mol. The van der Waals surface area contributed by atoms with Crippen molar-refractivity contribution >= 4 is 16.3 Å². The number of nitrogens with zero attached hydrogens (tertiary/aromatic N) is 2. The van der Waals surface area contributed by atoms with Gasteiger partial charge in [-0.1, -0.05) is 12.1 Å². The zero-order valence-corrected chi connectivity index (χ0v) is 12.2. The highest BCUT2D eigenvalue weighted by molar-refractivity contribution is 7.17. The van der Waals surface area contributed by atoms with E-state index in [4.69, 9.17) is 10.7 Å². The van der Waals surface area contributed by atoms with Crippen LogP contribution in [-0.2, 0) is 6.54 Å². The van der Waals surface area contributed by atoms with Crippen LogP contribution in [0.4, 0.5) is 0 Å². The van der Waals surface area contributed by atoms with Crippen molar-refractivity contribution in [3.05, 3.63) is 46.1 Å². The number of thiazole rings is 1. The Morgan fingerprint density at radius 1 is 1.21 bits per heavy atom. The van der Waals surface area contributed by atoms with Gasteiger partial charge in [0.05, 0.1) is 11.4 Å². The van der Waals surface area contributed by atoms with Gasteiger partial charge in [0, 0.05) is 23.2 Å². The molecule has 0 saturated carbocycles. The summed E-state index contributed by atoms with van der Waals surface area (Å²) in [7, 11) is 0. The standard InChI is InChI=1S/C15H17N3S/c1-9-4-5-12(6-10(9)2)14-13(7-16)18-8-11(3)19-15(18)17-14/h4-6,8H,7,16H2,1-3H3. The number of benzene rings is 1. The number of hydrogen-bond donors (Lipinski definition) is 1. The molecule has 0 aliphatic carbocycles. The molecule has 0 aliphatic rings. The number of fused-ring (bicyclic) bond motifs is 1. The Morgan fingerprint density at radius 3 is 2.68 bits per heavy atom. The smallest absolute Gasteiger partial charge is 0.194 e. The van der Waals surface area contributed by atoms with Gasteiger partial charge in [0.1, 0.15) is 0 Å². The normalized spacial score (nSPS) is 11.4. The molecule has 2 heterocycles. The van der Waals surface area contributed by atoms with Crippen LogP contribution >= 0.6 is 11.3 Å². The molecule has 0 saturated heterocycles. The van der Waals surface area contributed by atoms with E-state index in [0.717, 1.165) is 21.9 Å². The fourth-order valence-electron chi connectivity index (χ4n) is 2.32. The highest BCUT2D eigenvalue weighted by Crippen LogP contribution is 2.29. The first kappa shape index (κ1) is 12.4. The summed E-state index contributed by atoms with van der Waals surface area (Å²) in [6.07, 6.45) is 2.11. The van der Waals surface area contributed by atoms with Gasteiger partial charge in [-0.05, 0) is 38.0 Å². The molecule has 98 valence electrons. The maximum atomic E-state index is 5.92. The first-order chi connectivity index (χ1) is 9.10. The summed E-state index contributed by atoms with van der Waals surface area (Å²) in [5.41, 5.74) is 11.8. The lowest BCUT2D eigenvalue weighted by atomic mass is 10.0. The molecule has 2 aromatic heterocycles. The predicted octanol–water partition coefficient (Wildman–Crippen LogP) is 3.45. The lowest BCUT2D eigenvalue weighted by Gasteiger charge is -2.05. The number of rotatable bonds is 2. The van der Waals surface area contributed by atoms with E-state index >= 15 is 0 Å². The van der Waals surface area contributed by atoms with Crippen LogP contribution in [0.1, 0.15) is 21.7 Å². The second-order valence-electron chi connectivity index (χ2n) is 4.90. The topological polar surface area (TPSA) is 43.3 Å². The van der Waals surface area contributed by atoms with Gasteiger partial charge in [0.15, 0.2) is 4.96 Å². The van der Waals surface area contributed by atoms with Gasteiger partial charge in [-0.3, -0.25) is 4.40 Å². The van der Waals surface area contributed by atoms with Crippen molar-refractivity contribution in [2.75, 3.05) is 0 Å². The predicted molar refractivity (Wildman–Crippen MR) is 80.6 cm³/mol. The lowest BCUT2D eigenvalue weighted by Crippen LogP contribution is -2.01. The molecule has 1 aromatic carbocycles. The third kappa shape index (κ3) is 1.97. The summed E-state index contributed by atoms with van der Waals surface area (Å²) in [6.45, 7) is 6.84. The molecule has 3 nitrogen and oxygen atoms in total. The summed E-state index contributed by atoms with van der Waals surface area (Å²) < 4.78 is 2.12. The number of nitrogens with two attached hydrogens (primary N) is 1. The fourth-order valence-corrected chi connectivity index (χ4v) is 3.16. The number of aryl methyl sites for hydroxylation is 3. The summed E-state index contributed by atoms with van der Waals surface area (Å²) in [5, 5.41) is 0. The molecular formula is C15H17N3S. The van der Waals surface area contributed by atoms with Crippen molar-refractivity contribution in [3.63, 3.8) is 0 Å². The molecule has 3 rings (SSSR count). The van der Waals surface area contributed by atoms with E-state index in [2.05, 4.69) is 49.6 Å².